The molecular weight excluding hydrogens is 368 g/mol. The summed E-state index contributed by atoms with van der Waals surface area (Å²) in [5.41, 5.74) is 3.62. The highest BCUT2D eigenvalue weighted by Gasteiger charge is 2.08. The Morgan fingerprint density at radius 3 is 2.79 bits per heavy atom. The molecule has 2 heterocycles. The minimum Gasteiger partial charge on any atom is -0.465 e. The molecule has 0 bridgehead atoms. The highest BCUT2D eigenvalue weighted by atomic mass is 16.5. The van der Waals surface area contributed by atoms with Crippen LogP contribution in [0.25, 0.3) is 18.2 Å². The SMILES string of the molecule is C=c1c(=O)n(Cc2cccc(C(=O)OC)c2)cc/c1=C/C(=C\C)c1conc1C. The van der Waals surface area contributed by atoms with Crippen molar-refractivity contribution in [1.82, 2.24) is 9.72 Å². The summed E-state index contributed by atoms with van der Waals surface area (Å²) in [6.07, 6.45) is 7.13. The van der Waals surface area contributed by atoms with Gasteiger partial charge >= 0.3 is 5.97 Å². The molecule has 0 unspecified atom stereocenters. The van der Waals surface area contributed by atoms with Crippen LogP contribution < -0.4 is 16.0 Å². The number of methoxy groups -OCH3 is 1. The molecule has 0 radical (unpaired) electrons. The van der Waals surface area contributed by atoms with Crippen LogP contribution in [0.5, 0.6) is 0 Å². The van der Waals surface area contributed by atoms with Crippen LogP contribution in [0.1, 0.15) is 34.1 Å². The van der Waals surface area contributed by atoms with Gasteiger partial charge in [0.05, 0.1) is 24.9 Å². The van der Waals surface area contributed by atoms with Crippen LogP contribution in [0.4, 0.5) is 0 Å². The maximum atomic E-state index is 12.8. The monoisotopic (exact) mass is 390 g/mol. The van der Waals surface area contributed by atoms with Gasteiger partial charge in [-0.2, -0.15) is 0 Å². The molecule has 0 amide bonds. The number of pyridine rings is 1. The van der Waals surface area contributed by atoms with Crippen LogP contribution in [-0.4, -0.2) is 22.8 Å². The lowest BCUT2D eigenvalue weighted by molar-refractivity contribution is 0.0600. The zero-order valence-electron chi connectivity index (χ0n) is 16.6. The second kappa shape index (κ2) is 8.56. The maximum absolute atomic E-state index is 12.8. The van der Waals surface area contributed by atoms with E-state index in [1.165, 1.54) is 7.11 Å². The smallest absolute Gasteiger partial charge is 0.337 e. The summed E-state index contributed by atoms with van der Waals surface area (Å²) in [6.45, 7) is 8.07. The number of ether oxygens (including phenoxy) is 1. The lowest BCUT2D eigenvalue weighted by Gasteiger charge is -2.08. The molecule has 3 rings (SSSR count). The number of hydrogen-bond donors (Lipinski definition) is 0. The quantitative estimate of drug-likeness (QED) is 0.625. The van der Waals surface area contributed by atoms with Crippen LogP contribution in [0.3, 0.4) is 0 Å². The Balaban J connectivity index is 1.97. The number of carbonyl (C=O) groups excluding carboxylic acids is 1. The third-order valence-corrected chi connectivity index (χ3v) is 4.69. The number of benzene rings is 1. The Morgan fingerprint density at radius 2 is 2.14 bits per heavy atom. The predicted octanol–water partition coefficient (Wildman–Crippen LogP) is 2.27. The lowest BCUT2D eigenvalue weighted by atomic mass is 10.1. The second-order valence-corrected chi connectivity index (χ2v) is 6.58. The standard InChI is InChI=1S/C23H22N2O4/c1-5-18(21-14-29-24-16(21)3)12-19-9-10-25(22(26)15(19)2)13-17-7-6-8-20(11-17)23(27)28-4/h5-12,14H,2,13H2,1,3-4H3/b18-5+,19-12-. The number of aromatic nitrogens is 2. The van der Waals surface area contributed by atoms with Crippen molar-refractivity contribution in [2.45, 2.75) is 20.4 Å². The van der Waals surface area contributed by atoms with Crippen LogP contribution >= 0.6 is 0 Å². The topological polar surface area (TPSA) is 74.3 Å². The van der Waals surface area contributed by atoms with Gasteiger partial charge in [0.15, 0.2) is 0 Å². The molecule has 29 heavy (non-hydrogen) atoms. The van der Waals surface area contributed by atoms with E-state index in [4.69, 9.17) is 9.26 Å². The molecule has 2 aromatic heterocycles. The third-order valence-electron chi connectivity index (χ3n) is 4.69. The van der Waals surface area contributed by atoms with Crippen LogP contribution in [0.15, 0.2) is 58.2 Å². The Morgan fingerprint density at radius 1 is 1.34 bits per heavy atom. The first-order valence-corrected chi connectivity index (χ1v) is 9.09. The molecule has 3 aromatic rings. The molecule has 0 N–H and O–H groups in total. The number of nitrogens with zero attached hydrogens (tertiary/aromatic N) is 2. The minimum atomic E-state index is -0.412. The third kappa shape index (κ3) is 4.27. The Kier molecular flexibility index (Phi) is 5.93. The van der Waals surface area contributed by atoms with Gasteiger partial charge in [-0.3, -0.25) is 4.79 Å². The summed E-state index contributed by atoms with van der Waals surface area (Å²) in [5.74, 6) is -0.412. The van der Waals surface area contributed by atoms with E-state index in [9.17, 15) is 9.59 Å². The van der Waals surface area contributed by atoms with Crippen molar-refractivity contribution in [3.8, 4) is 0 Å². The van der Waals surface area contributed by atoms with Gasteiger partial charge in [-0.15, -0.1) is 0 Å². The molecule has 0 aliphatic carbocycles. The van der Waals surface area contributed by atoms with Crippen molar-refractivity contribution < 1.29 is 14.1 Å². The number of hydrogen-bond acceptors (Lipinski definition) is 5. The fourth-order valence-electron chi connectivity index (χ4n) is 3.06. The first-order valence-electron chi connectivity index (χ1n) is 9.09. The minimum absolute atomic E-state index is 0.195. The van der Waals surface area contributed by atoms with E-state index < -0.39 is 5.97 Å². The number of rotatable bonds is 5. The van der Waals surface area contributed by atoms with E-state index in [0.717, 1.165) is 27.6 Å². The first kappa shape index (κ1) is 20.1. The average Bonchev–Trinajstić information content (AvgIpc) is 3.16. The van der Waals surface area contributed by atoms with Crippen molar-refractivity contribution >= 4 is 24.2 Å². The van der Waals surface area contributed by atoms with Gasteiger partial charge in [-0.25, -0.2) is 4.79 Å². The zero-order valence-corrected chi connectivity index (χ0v) is 16.6. The molecule has 0 saturated heterocycles. The molecule has 0 saturated carbocycles. The van der Waals surface area contributed by atoms with E-state index in [1.807, 2.05) is 38.1 Å². The largest absolute Gasteiger partial charge is 0.465 e. The van der Waals surface area contributed by atoms with Gasteiger partial charge in [0.2, 0.25) is 0 Å². The van der Waals surface area contributed by atoms with E-state index in [2.05, 4.69) is 11.7 Å². The Labute approximate surface area is 168 Å². The molecule has 0 aliphatic heterocycles. The van der Waals surface area contributed by atoms with Crippen LogP contribution in [0.2, 0.25) is 0 Å². The normalized spacial score (nSPS) is 12.2. The molecule has 148 valence electrons. The lowest BCUT2D eigenvalue weighted by Crippen LogP contribution is -2.43. The van der Waals surface area contributed by atoms with Crippen molar-refractivity contribution in [3.05, 3.63) is 92.0 Å². The Bertz CT molecular complexity index is 1250. The number of carbonyl (C=O) groups is 1. The summed E-state index contributed by atoms with van der Waals surface area (Å²) < 4.78 is 11.3. The highest BCUT2D eigenvalue weighted by molar-refractivity contribution is 5.89. The van der Waals surface area contributed by atoms with Crippen molar-refractivity contribution in [2.24, 2.45) is 0 Å². The molecule has 6 nitrogen and oxygen atoms in total. The summed E-state index contributed by atoms with van der Waals surface area (Å²) in [7, 11) is 1.34. The van der Waals surface area contributed by atoms with Gasteiger partial charge < -0.3 is 13.8 Å². The van der Waals surface area contributed by atoms with Crippen LogP contribution in [-0.2, 0) is 11.3 Å². The summed E-state index contributed by atoms with van der Waals surface area (Å²) in [6, 6.07) is 8.86. The second-order valence-electron chi connectivity index (χ2n) is 6.58. The van der Waals surface area contributed by atoms with Gasteiger partial charge in [-0.05, 0) is 54.5 Å². The number of esters is 1. The fraction of sp³-hybridized carbons (Fsp3) is 0.174. The van der Waals surface area contributed by atoms with Gasteiger partial charge in [0.25, 0.3) is 5.56 Å². The van der Waals surface area contributed by atoms with E-state index in [-0.39, 0.29) is 5.56 Å². The fourth-order valence-corrected chi connectivity index (χ4v) is 3.06. The molecular formula is C23H22N2O4. The average molecular weight is 390 g/mol. The van der Waals surface area contributed by atoms with Crippen molar-refractivity contribution in [1.29, 1.82) is 0 Å². The predicted molar refractivity (Wildman–Crippen MR) is 112 cm³/mol. The van der Waals surface area contributed by atoms with E-state index in [0.29, 0.717) is 17.3 Å². The summed E-state index contributed by atoms with van der Waals surface area (Å²) in [5, 5.41) is 5.02. The number of allylic oxidation sites excluding steroid dienone is 2. The van der Waals surface area contributed by atoms with Crippen molar-refractivity contribution in [3.63, 3.8) is 0 Å². The molecule has 1 aromatic carbocycles. The molecule has 0 atom stereocenters. The Hall–Kier alpha value is -3.67. The summed E-state index contributed by atoms with van der Waals surface area (Å²) >= 11 is 0. The highest BCUT2D eigenvalue weighted by Crippen LogP contribution is 2.18. The molecule has 0 spiro atoms. The molecule has 0 fully saturated rings. The van der Waals surface area contributed by atoms with Gasteiger partial charge in [0.1, 0.15) is 6.26 Å². The van der Waals surface area contributed by atoms with Crippen molar-refractivity contribution in [2.75, 3.05) is 7.11 Å². The molecule has 0 aliphatic rings. The van der Waals surface area contributed by atoms with Gasteiger partial charge in [0, 0.05) is 17.0 Å². The van der Waals surface area contributed by atoms with E-state index in [1.54, 1.807) is 35.2 Å². The van der Waals surface area contributed by atoms with E-state index >= 15 is 0 Å². The zero-order chi connectivity index (χ0) is 21.0. The van der Waals surface area contributed by atoms with Crippen LogP contribution in [0, 0.1) is 6.92 Å². The molecule has 6 heteroatoms. The first-order chi connectivity index (χ1) is 13.9. The van der Waals surface area contributed by atoms with Gasteiger partial charge in [-0.1, -0.05) is 29.9 Å². The number of aryl methyl sites for hydroxylation is 1. The summed E-state index contributed by atoms with van der Waals surface area (Å²) in [4.78, 5) is 24.5. The maximum Gasteiger partial charge on any atom is 0.337 e.